The molecule has 64 valence electrons. The monoisotopic (exact) mass is 161 g/mol. The van der Waals surface area contributed by atoms with E-state index in [-0.39, 0.29) is 0 Å². The van der Waals surface area contributed by atoms with Crippen molar-refractivity contribution in [3.8, 4) is 0 Å². The topological polar surface area (TPSA) is 89.6 Å². The maximum atomic E-state index is 10.6. The number of ether oxygens (including phenoxy) is 1. The van der Waals surface area contributed by atoms with Crippen LogP contribution < -0.4 is 5.73 Å². The Morgan fingerprint density at radius 2 is 1.91 bits per heavy atom. The molecule has 0 aliphatic rings. The molecular weight excluding hydrogens is 150 g/mol. The van der Waals surface area contributed by atoms with Crippen LogP contribution in [0.1, 0.15) is 13.8 Å². The second kappa shape index (κ2) is 3.92. The Bertz CT molecular complexity index is 166. The lowest BCUT2D eigenvalue weighted by molar-refractivity contribution is -0.163. The van der Waals surface area contributed by atoms with Gasteiger partial charge in [-0.15, -0.1) is 0 Å². The number of carboxylic acids is 1. The predicted molar refractivity (Wildman–Crippen MR) is 36.8 cm³/mol. The van der Waals surface area contributed by atoms with Gasteiger partial charge in [-0.2, -0.15) is 0 Å². The van der Waals surface area contributed by atoms with Crippen LogP contribution in [0.5, 0.6) is 0 Å². The zero-order chi connectivity index (χ0) is 9.02. The van der Waals surface area contributed by atoms with E-state index in [1.54, 1.807) is 0 Å². The van der Waals surface area contributed by atoms with Gasteiger partial charge in [0.15, 0.2) is 6.10 Å². The van der Waals surface area contributed by atoms with Crippen molar-refractivity contribution in [3.63, 3.8) is 0 Å². The number of carbonyl (C=O) groups is 2. The van der Waals surface area contributed by atoms with Crippen molar-refractivity contribution in [1.29, 1.82) is 0 Å². The van der Waals surface area contributed by atoms with Crippen LogP contribution in [0, 0.1) is 0 Å². The van der Waals surface area contributed by atoms with E-state index in [1.165, 1.54) is 13.8 Å². The van der Waals surface area contributed by atoms with E-state index in [1.807, 2.05) is 0 Å². The summed E-state index contributed by atoms with van der Waals surface area (Å²) in [6.07, 6.45) is -1.13. The standard InChI is InChI=1S/C6H11NO4/c1-3(7)6(10)11-4(2)5(8)9/h3-4H,7H2,1-2H3,(H,8,9)/t3-,4+/m0/s1. The molecule has 0 unspecified atom stereocenters. The van der Waals surface area contributed by atoms with Crippen molar-refractivity contribution in [1.82, 2.24) is 0 Å². The van der Waals surface area contributed by atoms with Gasteiger partial charge >= 0.3 is 11.9 Å². The molecule has 2 atom stereocenters. The highest BCUT2D eigenvalue weighted by molar-refractivity contribution is 5.80. The third kappa shape index (κ3) is 3.57. The summed E-state index contributed by atoms with van der Waals surface area (Å²) in [7, 11) is 0. The van der Waals surface area contributed by atoms with Crippen LogP contribution in [0.2, 0.25) is 0 Å². The average molecular weight is 161 g/mol. The Kier molecular flexibility index (Phi) is 3.53. The Morgan fingerprint density at radius 1 is 1.45 bits per heavy atom. The second-order valence-electron chi connectivity index (χ2n) is 2.21. The van der Waals surface area contributed by atoms with Gasteiger partial charge in [0.25, 0.3) is 0 Å². The summed E-state index contributed by atoms with van der Waals surface area (Å²) in [5.41, 5.74) is 5.12. The van der Waals surface area contributed by atoms with E-state index in [9.17, 15) is 9.59 Å². The number of nitrogens with two attached hydrogens (primary N) is 1. The normalized spacial score (nSPS) is 15.2. The second-order valence-corrected chi connectivity index (χ2v) is 2.21. The molecule has 0 aliphatic carbocycles. The minimum Gasteiger partial charge on any atom is -0.479 e. The molecule has 0 amide bonds. The lowest BCUT2D eigenvalue weighted by atomic mass is 10.3. The number of carbonyl (C=O) groups excluding carboxylic acids is 1. The van der Waals surface area contributed by atoms with Gasteiger partial charge in [-0.05, 0) is 13.8 Å². The molecule has 11 heavy (non-hydrogen) atoms. The summed E-state index contributed by atoms with van der Waals surface area (Å²) in [5, 5.41) is 8.29. The van der Waals surface area contributed by atoms with Crippen LogP contribution in [0.4, 0.5) is 0 Å². The highest BCUT2D eigenvalue weighted by Crippen LogP contribution is 1.93. The van der Waals surface area contributed by atoms with Crippen molar-refractivity contribution in [2.75, 3.05) is 0 Å². The summed E-state index contributed by atoms with van der Waals surface area (Å²) >= 11 is 0. The van der Waals surface area contributed by atoms with Gasteiger partial charge in [0.05, 0.1) is 0 Å². The lowest BCUT2D eigenvalue weighted by Gasteiger charge is -2.09. The maximum Gasteiger partial charge on any atom is 0.344 e. The molecule has 0 fully saturated rings. The number of esters is 1. The van der Waals surface area contributed by atoms with E-state index >= 15 is 0 Å². The van der Waals surface area contributed by atoms with Crippen LogP contribution in [-0.2, 0) is 14.3 Å². The fourth-order valence-corrected chi connectivity index (χ4v) is 0.332. The van der Waals surface area contributed by atoms with Crippen LogP contribution >= 0.6 is 0 Å². The lowest BCUT2D eigenvalue weighted by Crippen LogP contribution is -2.34. The molecule has 0 aromatic heterocycles. The number of hydrogen-bond acceptors (Lipinski definition) is 4. The van der Waals surface area contributed by atoms with Crippen molar-refractivity contribution in [2.24, 2.45) is 5.73 Å². The molecule has 0 aliphatic heterocycles. The largest absolute Gasteiger partial charge is 0.479 e. The quantitative estimate of drug-likeness (QED) is 0.537. The van der Waals surface area contributed by atoms with Crippen LogP contribution in [-0.4, -0.2) is 29.2 Å². The zero-order valence-electron chi connectivity index (χ0n) is 6.40. The molecule has 0 radical (unpaired) electrons. The summed E-state index contributed by atoms with van der Waals surface area (Å²) in [5.74, 6) is -1.89. The van der Waals surface area contributed by atoms with Gasteiger partial charge in [-0.25, -0.2) is 4.79 Å². The first-order chi connectivity index (χ1) is 4.95. The van der Waals surface area contributed by atoms with Crippen LogP contribution in [0.15, 0.2) is 0 Å². The minimum atomic E-state index is -1.18. The van der Waals surface area contributed by atoms with Crippen LogP contribution in [0.25, 0.3) is 0 Å². The van der Waals surface area contributed by atoms with E-state index in [4.69, 9.17) is 10.8 Å². The Hall–Kier alpha value is -1.10. The van der Waals surface area contributed by atoms with Gasteiger partial charge in [0.2, 0.25) is 0 Å². The van der Waals surface area contributed by atoms with E-state index in [0.717, 1.165) is 0 Å². The first-order valence-corrected chi connectivity index (χ1v) is 3.14. The van der Waals surface area contributed by atoms with Crippen molar-refractivity contribution in [3.05, 3.63) is 0 Å². The minimum absolute atomic E-state index is 0.708. The highest BCUT2D eigenvalue weighted by atomic mass is 16.6. The van der Waals surface area contributed by atoms with Crippen LogP contribution in [0.3, 0.4) is 0 Å². The van der Waals surface area contributed by atoms with Gasteiger partial charge < -0.3 is 15.6 Å². The summed E-state index contributed by atoms with van der Waals surface area (Å²) < 4.78 is 4.41. The van der Waals surface area contributed by atoms with Gasteiger partial charge in [-0.1, -0.05) is 0 Å². The third-order valence-electron chi connectivity index (χ3n) is 1.01. The molecule has 0 aromatic carbocycles. The number of carboxylic acid groups (broad SMARTS) is 1. The zero-order valence-corrected chi connectivity index (χ0v) is 6.40. The summed E-state index contributed by atoms with van der Waals surface area (Å²) in [6.45, 7) is 2.69. The molecule has 3 N–H and O–H groups in total. The van der Waals surface area contributed by atoms with Gasteiger partial charge in [-0.3, -0.25) is 4.79 Å². The summed E-state index contributed by atoms with van der Waals surface area (Å²) in [6, 6.07) is -0.781. The molecule has 0 saturated carbocycles. The van der Waals surface area contributed by atoms with Gasteiger partial charge in [0, 0.05) is 0 Å². The number of aliphatic carboxylic acids is 1. The van der Waals surface area contributed by atoms with E-state index in [0.29, 0.717) is 0 Å². The highest BCUT2D eigenvalue weighted by Gasteiger charge is 2.18. The molecule has 0 saturated heterocycles. The van der Waals surface area contributed by atoms with Crippen molar-refractivity contribution in [2.45, 2.75) is 26.0 Å². The smallest absolute Gasteiger partial charge is 0.344 e. The number of hydrogen-bond donors (Lipinski definition) is 2. The third-order valence-corrected chi connectivity index (χ3v) is 1.01. The summed E-state index contributed by atoms with van der Waals surface area (Å²) in [4.78, 5) is 20.8. The molecule has 5 nitrogen and oxygen atoms in total. The molecule has 0 heterocycles. The SMILES string of the molecule is C[C@H](N)C(=O)O[C@H](C)C(=O)O. The molecule has 0 aromatic rings. The molecule has 5 heteroatoms. The Morgan fingerprint density at radius 3 is 2.18 bits per heavy atom. The van der Waals surface area contributed by atoms with Crippen molar-refractivity contribution >= 4 is 11.9 Å². The Labute approximate surface area is 64.1 Å². The average Bonchev–Trinajstić information content (AvgIpc) is 1.87. The molecule has 0 rings (SSSR count). The first-order valence-electron chi connectivity index (χ1n) is 3.14. The number of rotatable bonds is 3. The predicted octanol–water partition coefficient (Wildman–Crippen LogP) is -0.650. The molecule has 0 bridgehead atoms. The molecule has 0 spiro atoms. The van der Waals surface area contributed by atoms with Crippen molar-refractivity contribution < 1.29 is 19.4 Å². The molecular formula is C6H11NO4. The Balaban J connectivity index is 3.85. The first kappa shape index (κ1) is 9.90. The fraction of sp³-hybridized carbons (Fsp3) is 0.667. The van der Waals surface area contributed by atoms with Gasteiger partial charge in [0.1, 0.15) is 6.04 Å². The van der Waals surface area contributed by atoms with E-state index < -0.39 is 24.1 Å². The maximum absolute atomic E-state index is 10.6. The van der Waals surface area contributed by atoms with E-state index in [2.05, 4.69) is 4.74 Å². The fourth-order valence-electron chi connectivity index (χ4n) is 0.332.